The molecule has 23 heavy (non-hydrogen) atoms. The summed E-state index contributed by atoms with van der Waals surface area (Å²) >= 11 is 1.65. The molecule has 4 atom stereocenters. The molecular formula is C17H21N3O2S. The van der Waals surface area contributed by atoms with Crippen LogP contribution in [0.4, 0.5) is 0 Å². The number of nitrogens with one attached hydrogen (secondary N) is 1. The Kier molecular flexibility index (Phi) is 5.10. The first-order chi connectivity index (χ1) is 11.2. The molecule has 0 aromatic carbocycles. The third kappa shape index (κ3) is 3.47. The first-order valence-electron chi connectivity index (χ1n) is 8.01. The lowest BCUT2D eigenvalue weighted by atomic mass is 9.74. The van der Waals surface area contributed by atoms with E-state index >= 15 is 0 Å². The zero-order valence-electron chi connectivity index (χ0n) is 13.1. The van der Waals surface area contributed by atoms with Crippen LogP contribution < -0.4 is 5.32 Å². The van der Waals surface area contributed by atoms with Crippen molar-refractivity contribution in [2.45, 2.75) is 37.0 Å². The molecule has 1 saturated carbocycles. The molecule has 122 valence electrons. The minimum atomic E-state index is -0.592. The van der Waals surface area contributed by atoms with Gasteiger partial charge in [0, 0.05) is 29.2 Å². The maximum Gasteiger partial charge on any atom is 0.232 e. The van der Waals surface area contributed by atoms with Crippen LogP contribution in [-0.2, 0) is 9.59 Å². The second kappa shape index (κ2) is 7.25. The minimum Gasteiger partial charge on any atom is -0.352 e. The summed E-state index contributed by atoms with van der Waals surface area (Å²) in [5.74, 6) is -0.440. The highest BCUT2D eigenvalue weighted by atomic mass is 32.2. The van der Waals surface area contributed by atoms with Crippen molar-refractivity contribution in [3.63, 3.8) is 0 Å². The van der Waals surface area contributed by atoms with Crippen molar-refractivity contribution in [2.24, 2.45) is 11.8 Å². The SMILES string of the molecule is CSC1C(C(=O)/C=C/c2cncnc2)C(=O)NC2CCCCC21. The summed E-state index contributed by atoms with van der Waals surface area (Å²) in [7, 11) is 0. The van der Waals surface area contributed by atoms with E-state index in [1.807, 2.05) is 6.26 Å². The van der Waals surface area contributed by atoms with Gasteiger partial charge < -0.3 is 5.32 Å². The van der Waals surface area contributed by atoms with E-state index in [2.05, 4.69) is 15.3 Å². The number of fused-ring (bicyclic) bond motifs is 1. The monoisotopic (exact) mass is 331 g/mol. The number of hydrogen-bond donors (Lipinski definition) is 1. The molecule has 1 N–H and O–H groups in total. The quantitative estimate of drug-likeness (QED) is 0.676. The number of piperidine rings is 1. The third-order valence-electron chi connectivity index (χ3n) is 4.78. The molecule has 0 spiro atoms. The van der Waals surface area contributed by atoms with E-state index in [0.717, 1.165) is 24.8 Å². The molecule has 2 heterocycles. The molecule has 0 radical (unpaired) electrons. The van der Waals surface area contributed by atoms with E-state index in [4.69, 9.17) is 0 Å². The summed E-state index contributed by atoms with van der Waals surface area (Å²) in [5, 5.41) is 3.15. The fourth-order valence-electron chi connectivity index (χ4n) is 3.68. The van der Waals surface area contributed by atoms with Gasteiger partial charge in [-0.05, 0) is 37.2 Å². The van der Waals surface area contributed by atoms with E-state index in [1.165, 1.54) is 18.8 Å². The van der Waals surface area contributed by atoms with Crippen molar-refractivity contribution in [3.05, 3.63) is 30.4 Å². The van der Waals surface area contributed by atoms with Gasteiger partial charge in [-0.25, -0.2) is 9.97 Å². The topological polar surface area (TPSA) is 72.0 Å². The Morgan fingerprint density at radius 3 is 2.78 bits per heavy atom. The van der Waals surface area contributed by atoms with Crippen LogP contribution in [0.3, 0.4) is 0 Å². The van der Waals surface area contributed by atoms with Gasteiger partial charge >= 0.3 is 0 Å². The van der Waals surface area contributed by atoms with Gasteiger partial charge in [-0.15, -0.1) is 0 Å². The summed E-state index contributed by atoms with van der Waals surface area (Å²) in [6.45, 7) is 0. The van der Waals surface area contributed by atoms with Gasteiger partial charge in [-0.2, -0.15) is 11.8 Å². The van der Waals surface area contributed by atoms with Crippen LogP contribution in [0.15, 0.2) is 24.8 Å². The van der Waals surface area contributed by atoms with E-state index in [-0.39, 0.29) is 23.0 Å². The number of aromatic nitrogens is 2. The molecule has 4 unspecified atom stereocenters. The Morgan fingerprint density at radius 2 is 2.04 bits per heavy atom. The summed E-state index contributed by atoms with van der Waals surface area (Å²) < 4.78 is 0. The summed E-state index contributed by atoms with van der Waals surface area (Å²) in [6.07, 6.45) is 14.4. The van der Waals surface area contributed by atoms with Gasteiger partial charge in [0.1, 0.15) is 12.2 Å². The van der Waals surface area contributed by atoms with Crippen LogP contribution in [0.2, 0.25) is 0 Å². The zero-order valence-corrected chi connectivity index (χ0v) is 14.0. The second-order valence-corrected chi connectivity index (χ2v) is 7.16. The highest BCUT2D eigenvalue weighted by Gasteiger charge is 2.46. The van der Waals surface area contributed by atoms with Crippen molar-refractivity contribution in [2.75, 3.05) is 6.26 Å². The third-order valence-corrected chi connectivity index (χ3v) is 5.95. The Hall–Kier alpha value is -1.69. The lowest BCUT2D eigenvalue weighted by Gasteiger charge is -2.44. The highest BCUT2D eigenvalue weighted by Crippen LogP contribution is 2.39. The Bertz CT molecular complexity index is 605. The lowest BCUT2D eigenvalue weighted by molar-refractivity contribution is -0.135. The van der Waals surface area contributed by atoms with Crippen molar-refractivity contribution in [3.8, 4) is 0 Å². The zero-order chi connectivity index (χ0) is 16.2. The first kappa shape index (κ1) is 16.2. The fourth-order valence-corrected chi connectivity index (χ4v) is 4.89. The van der Waals surface area contributed by atoms with Gasteiger partial charge in [-0.3, -0.25) is 9.59 Å². The number of ketones is 1. The maximum absolute atomic E-state index is 12.6. The number of rotatable bonds is 4. The van der Waals surface area contributed by atoms with Gasteiger partial charge in [0.15, 0.2) is 5.78 Å². The normalized spacial score (nSPS) is 30.7. The molecule has 1 aliphatic carbocycles. The van der Waals surface area contributed by atoms with Crippen molar-refractivity contribution in [1.29, 1.82) is 0 Å². The number of hydrogen-bond acceptors (Lipinski definition) is 5. The molecule has 1 aromatic rings. The Balaban J connectivity index is 1.77. The van der Waals surface area contributed by atoms with Crippen molar-refractivity contribution >= 4 is 29.5 Å². The number of carbonyl (C=O) groups excluding carboxylic acids is 2. The average molecular weight is 331 g/mol. The van der Waals surface area contributed by atoms with Crippen LogP contribution in [0.25, 0.3) is 6.08 Å². The van der Waals surface area contributed by atoms with E-state index in [0.29, 0.717) is 5.92 Å². The molecule has 0 bridgehead atoms. The summed E-state index contributed by atoms with van der Waals surface area (Å²) in [6, 6.07) is 0.240. The fraction of sp³-hybridized carbons (Fsp3) is 0.529. The van der Waals surface area contributed by atoms with Crippen LogP contribution in [-0.4, -0.2) is 39.2 Å². The molecule has 6 heteroatoms. The number of carbonyl (C=O) groups is 2. The van der Waals surface area contributed by atoms with E-state index in [9.17, 15) is 9.59 Å². The standard InChI is InChI=1S/C17H21N3O2S/c1-23-16-12-4-2-3-5-13(12)20-17(22)15(16)14(21)7-6-11-8-18-10-19-9-11/h6-10,12-13,15-16H,2-5H2,1H3,(H,20,22)/b7-6+. The molecule has 1 aliphatic heterocycles. The van der Waals surface area contributed by atoms with Crippen LogP contribution in [0.5, 0.6) is 0 Å². The van der Waals surface area contributed by atoms with Crippen molar-refractivity contribution in [1.82, 2.24) is 15.3 Å². The molecule has 1 saturated heterocycles. The Morgan fingerprint density at radius 1 is 1.30 bits per heavy atom. The molecule has 2 fully saturated rings. The molecule has 1 aromatic heterocycles. The second-order valence-electron chi connectivity index (χ2n) is 6.15. The van der Waals surface area contributed by atoms with E-state index < -0.39 is 5.92 Å². The molecular weight excluding hydrogens is 310 g/mol. The van der Waals surface area contributed by atoms with Gasteiger partial charge in [0.05, 0.1) is 0 Å². The van der Waals surface area contributed by atoms with Crippen LogP contribution >= 0.6 is 11.8 Å². The average Bonchev–Trinajstić information content (AvgIpc) is 2.59. The summed E-state index contributed by atoms with van der Waals surface area (Å²) in [5.41, 5.74) is 0.758. The predicted octanol–water partition coefficient (Wildman–Crippen LogP) is 2.10. The van der Waals surface area contributed by atoms with Crippen molar-refractivity contribution < 1.29 is 9.59 Å². The molecule has 2 aliphatic rings. The number of nitrogens with zero attached hydrogens (tertiary/aromatic N) is 2. The maximum atomic E-state index is 12.6. The van der Waals surface area contributed by atoms with Gasteiger partial charge in [0.2, 0.25) is 5.91 Å². The number of amides is 1. The molecule has 3 rings (SSSR count). The lowest BCUT2D eigenvalue weighted by Crippen LogP contribution is -2.58. The highest BCUT2D eigenvalue weighted by molar-refractivity contribution is 7.99. The summed E-state index contributed by atoms with van der Waals surface area (Å²) in [4.78, 5) is 32.9. The first-order valence-corrected chi connectivity index (χ1v) is 9.29. The van der Waals surface area contributed by atoms with Crippen LogP contribution in [0.1, 0.15) is 31.2 Å². The minimum absolute atomic E-state index is 0.0678. The smallest absolute Gasteiger partial charge is 0.232 e. The van der Waals surface area contributed by atoms with Gasteiger partial charge in [0.25, 0.3) is 0 Å². The van der Waals surface area contributed by atoms with Crippen LogP contribution in [0, 0.1) is 11.8 Å². The van der Waals surface area contributed by atoms with Gasteiger partial charge in [-0.1, -0.05) is 12.8 Å². The number of allylic oxidation sites excluding steroid dienone is 1. The van der Waals surface area contributed by atoms with E-state index in [1.54, 1.807) is 30.2 Å². The largest absolute Gasteiger partial charge is 0.352 e. The molecule has 5 nitrogen and oxygen atoms in total. The number of thioether (sulfide) groups is 1. The predicted molar refractivity (Wildman–Crippen MR) is 90.8 cm³/mol. The Labute approximate surface area is 140 Å². The molecule has 1 amide bonds.